The van der Waals surface area contributed by atoms with Crippen LogP contribution in [0.15, 0.2) is 18.5 Å². The Morgan fingerprint density at radius 1 is 1.50 bits per heavy atom. The van der Waals surface area contributed by atoms with Crippen LogP contribution in [0.5, 0.6) is 0 Å². The van der Waals surface area contributed by atoms with Gasteiger partial charge in [-0.05, 0) is 13.0 Å². The third kappa shape index (κ3) is 1.78. The van der Waals surface area contributed by atoms with Crippen molar-refractivity contribution >= 4 is 11.9 Å². The Morgan fingerprint density at radius 3 is 2.69 bits per heavy atom. The molecule has 1 aliphatic rings. The molecule has 2 heterocycles. The van der Waals surface area contributed by atoms with Gasteiger partial charge in [-0.3, -0.25) is 14.3 Å². The van der Waals surface area contributed by atoms with Crippen molar-refractivity contribution in [1.82, 2.24) is 14.7 Å². The molecule has 1 aromatic rings. The van der Waals surface area contributed by atoms with Crippen molar-refractivity contribution in [1.29, 1.82) is 0 Å². The fraction of sp³-hybridized carbons (Fsp3) is 0.500. The number of carboxylic acid groups (broad SMARTS) is 1. The van der Waals surface area contributed by atoms with Crippen molar-refractivity contribution in [3.63, 3.8) is 0 Å². The standard InChI is InChI=1S/C10H13N3O3/c1-7(13-4-2-3-11-13)9(14)12-5-8(6-12)10(15)16/h2-4,7-8H,5-6H2,1H3,(H,15,16). The van der Waals surface area contributed by atoms with Gasteiger partial charge in [0, 0.05) is 25.5 Å². The lowest BCUT2D eigenvalue weighted by atomic mass is 9.99. The summed E-state index contributed by atoms with van der Waals surface area (Å²) in [5, 5.41) is 12.7. The molecular weight excluding hydrogens is 210 g/mol. The number of carboxylic acids is 1. The predicted octanol–water partition coefficient (Wildman–Crippen LogP) is -0.0129. The van der Waals surface area contributed by atoms with E-state index in [0.717, 1.165) is 0 Å². The first-order chi connectivity index (χ1) is 7.59. The van der Waals surface area contributed by atoms with Gasteiger partial charge in [0.25, 0.3) is 0 Å². The Morgan fingerprint density at radius 2 is 2.19 bits per heavy atom. The van der Waals surface area contributed by atoms with E-state index in [0.29, 0.717) is 13.1 Å². The molecule has 1 saturated heterocycles. The number of carbonyl (C=O) groups is 2. The van der Waals surface area contributed by atoms with Gasteiger partial charge in [-0.2, -0.15) is 5.10 Å². The second-order valence-corrected chi connectivity index (χ2v) is 3.94. The molecule has 0 radical (unpaired) electrons. The Balaban J connectivity index is 1.93. The van der Waals surface area contributed by atoms with E-state index >= 15 is 0 Å². The summed E-state index contributed by atoms with van der Waals surface area (Å²) in [6, 6.07) is 1.38. The number of aromatic nitrogens is 2. The van der Waals surface area contributed by atoms with Crippen molar-refractivity contribution in [2.75, 3.05) is 13.1 Å². The number of likely N-dealkylation sites (tertiary alicyclic amines) is 1. The largest absolute Gasteiger partial charge is 0.481 e. The molecule has 0 aliphatic carbocycles. The Bertz CT molecular complexity index is 395. The summed E-state index contributed by atoms with van der Waals surface area (Å²) in [5.74, 6) is -1.33. The highest BCUT2D eigenvalue weighted by Gasteiger charge is 2.37. The third-order valence-corrected chi connectivity index (χ3v) is 2.82. The highest BCUT2D eigenvalue weighted by atomic mass is 16.4. The van der Waals surface area contributed by atoms with E-state index in [9.17, 15) is 9.59 Å². The van der Waals surface area contributed by atoms with Crippen molar-refractivity contribution < 1.29 is 14.7 Å². The number of aliphatic carboxylic acids is 1. The number of nitrogens with zero attached hydrogens (tertiary/aromatic N) is 3. The molecule has 6 nitrogen and oxygen atoms in total. The number of amides is 1. The van der Waals surface area contributed by atoms with E-state index < -0.39 is 11.9 Å². The molecule has 0 saturated carbocycles. The molecule has 1 aliphatic heterocycles. The Hall–Kier alpha value is -1.85. The highest BCUT2D eigenvalue weighted by Crippen LogP contribution is 2.19. The molecule has 0 bridgehead atoms. The van der Waals surface area contributed by atoms with E-state index in [2.05, 4.69) is 5.10 Å². The average Bonchev–Trinajstić information content (AvgIpc) is 2.65. The molecule has 16 heavy (non-hydrogen) atoms. The maximum atomic E-state index is 11.9. The zero-order chi connectivity index (χ0) is 11.7. The summed E-state index contributed by atoms with van der Waals surface area (Å²) in [4.78, 5) is 24.0. The quantitative estimate of drug-likeness (QED) is 0.781. The van der Waals surface area contributed by atoms with Gasteiger partial charge in [0.1, 0.15) is 6.04 Å². The van der Waals surface area contributed by atoms with Crippen molar-refractivity contribution in [3.05, 3.63) is 18.5 Å². The molecule has 2 rings (SSSR count). The van der Waals surface area contributed by atoms with Gasteiger partial charge in [-0.15, -0.1) is 0 Å². The van der Waals surface area contributed by atoms with Crippen molar-refractivity contribution in [2.24, 2.45) is 5.92 Å². The topological polar surface area (TPSA) is 75.4 Å². The van der Waals surface area contributed by atoms with Crippen molar-refractivity contribution in [3.8, 4) is 0 Å². The zero-order valence-electron chi connectivity index (χ0n) is 8.91. The summed E-state index contributed by atoms with van der Waals surface area (Å²) < 4.78 is 1.57. The first kappa shape index (κ1) is 10.7. The van der Waals surface area contributed by atoms with Gasteiger partial charge in [0.15, 0.2) is 0 Å². The summed E-state index contributed by atoms with van der Waals surface area (Å²) in [6.45, 7) is 2.36. The third-order valence-electron chi connectivity index (χ3n) is 2.82. The zero-order valence-corrected chi connectivity index (χ0v) is 8.91. The van der Waals surface area contributed by atoms with E-state index in [1.807, 2.05) is 0 Å². The summed E-state index contributed by atoms with van der Waals surface area (Å²) in [6.07, 6.45) is 3.33. The lowest BCUT2D eigenvalue weighted by Crippen LogP contribution is -2.54. The van der Waals surface area contributed by atoms with Gasteiger partial charge in [0.05, 0.1) is 5.92 Å². The fourth-order valence-corrected chi connectivity index (χ4v) is 1.70. The lowest BCUT2D eigenvalue weighted by Gasteiger charge is -2.38. The summed E-state index contributed by atoms with van der Waals surface area (Å²) in [7, 11) is 0. The van der Waals surface area contributed by atoms with Crippen LogP contribution >= 0.6 is 0 Å². The minimum atomic E-state index is -0.837. The first-order valence-electron chi connectivity index (χ1n) is 5.10. The van der Waals surface area contributed by atoms with Crippen LogP contribution in [0.25, 0.3) is 0 Å². The molecule has 1 fully saturated rings. The van der Waals surface area contributed by atoms with Crippen LogP contribution in [0.3, 0.4) is 0 Å². The highest BCUT2D eigenvalue weighted by molar-refractivity contribution is 5.83. The fourth-order valence-electron chi connectivity index (χ4n) is 1.70. The molecule has 1 amide bonds. The van der Waals surface area contributed by atoms with Gasteiger partial charge >= 0.3 is 5.97 Å². The molecule has 1 unspecified atom stereocenters. The lowest BCUT2D eigenvalue weighted by molar-refractivity contribution is -0.154. The number of hydrogen-bond acceptors (Lipinski definition) is 3. The van der Waals surface area contributed by atoms with Gasteiger partial charge < -0.3 is 10.0 Å². The second-order valence-electron chi connectivity index (χ2n) is 3.94. The van der Waals surface area contributed by atoms with E-state index in [1.54, 1.807) is 35.0 Å². The van der Waals surface area contributed by atoms with E-state index in [4.69, 9.17) is 5.11 Å². The number of carbonyl (C=O) groups excluding carboxylic acids is 1. The van der Waals surface area contributed by atoms with Gasteiger partial charge in [-0.1, -0.05) is 0 Å². The van der Waals surface area contributed by atoms with Crippen molar-refractivity contribution in [2.45, 2.75) is 13.0 Å². The molecule has 1 aromatic heterocycles. The average molecular weight is 223 g/mol. The first-order valence-corrected chi connectivity index (χ1v) is 5.10. The normalized spacial score (nSPS) is 17.9. The number of rotatable bonds is 3. The van der Waals surface area contributed by atoms with Crippen LogP contribution in [0, 0.1) is 5.92 Å². The molecule has 1 atom stereocenters. The number of hydrogen-bond donors (Lipinski definition) is 1. The van der Waals surface area contributed by atoms with Crippen LogP contribution in [0.4, 0.5) is 0 Å². The van der Waals surface area contributed by atoms with E-state index in [1.165, 1.54) is 0 Å². The SMILES string of the molecule is CC(C(=O)N1CC(C(=O)O)C1)n1cccn1. The van der Waals surface area contributed by atoms with Crippen LogP contribution in [0.2, 0.25) is 0 Å². The second kappa shape index (κ2) is 3.96. The van der Waals surface area contributed by atoms with Crippen LogP contribution < -0.4 is 0 Å². The molecule has 0 spiro atoms. The minimum Gasteiger partial charge on any atom is -0.481 e. The van der Waals surface area contributed by atoms with Gasteiger partial charge in [0.2, 0.25) is 5.91 Å². The minimum absolute atomic E-state index is 0.0822. The van der Waals surface area contributed by atoms with E-state index in [-0.39, 0.29) is 11.9 Å². The monoisotopic (exact) mass is 223 g/mol. The Labute approximate surface area is 92.5 Å². The summed E-state index contributed by atoms with van der Waals surface area (Å²) in [5.41, 5.74) is 0. The summed E-state index contributed by atoms with van der Waals surface area (Å²) >= 11 is 0. The molecule has 6 heteroatoms. The van der Waals surface area contributed by atoms with Crippen LogP contribution in [-0.2, 0) is 9.59 Å². The van der Waals surface area contributed by atoms with Crippen LogP contribution in [0.1, 0.15) is 13.0 Å². The van der Waals surface area contributed by atoms with Crippen LogP contribution in [-0.4, -0.2) is 44.8 Å². The molecule has 86 valence electrons. The Kier molecular flexibility index (Phi) is 2.64. The maximum Gasteiger partial charge on any atom is 0.310 e. The molecular formula is C10H13N3O3. The maximum absolute atomic E-state index is 11.9. The predicted molar refractivity (Wildman–Crippen MR) is 54.6 cm³/mol. The molecule has 1 N–H and O–H groups in total. The smallest absolute Gasteiger partial charge is 0.310 e. The molecule has 0 aromatic carbocycles. The van der Waals surface area contributed by atoms with Gasteiger partial charge in [-0.25, -0.2) is 0 Å².